The molecule has 9 nitrogen and oxygen atoms in total. The second-order valence-corrected chi connectivity index (χ2v) is 7.15. The number of hydrogen-bond acceptors (Lipinski definition) is 5. The van der Waals surface area contributed by atoms with Crippen molar-refractivity contribution in [3.05, 3.63) is 66.4 Å². The summed E-state index contributed by atoms with van der Waals surface area (Å²) < 4.78 is 24.0. The molecule has 0 aliphatic heterocycles. The van der Waals surface area contributed by atoms with Crippen molar-refractivity contribution in [1.29, 1.82) is 5.26 Å². The van der Waals surface area contributed by atoms with Gasteiger partial charge in [-0.3, -0.25) is 9.23 Å². The van der Waals surface area contributed by atoms with E-state index in [-0.39, 0.29) is 19.0 Å². The third-order valence-corrected chi connectivity index (χ3v) is 4.96. The molecule has 4 rings (SSSR count). The van der Waals surface area contributed by atoms with Gasteiger partial charge in [-0.1, -0.05) is 24.3 Å². The maximum Gasteiger partial charge on any atom is 0.232 e. The van der Waals surface area contributed by atoms with Crippen LogP contribution in [0.2, 0.25) is 0 Å². The molecule has 0 bridgehead atoms. The first-order valence-electron chi connectivity index (χ1n) is 8.78. The van der Waals surface area contributed by atoms with E-state index in [0.717, 1.165) is 33.4 Å². The lowest BCUT2D eigenvalue weighted by molar-refractivity contribution is 0.531. The maximum absolute atomic E-state index is 10.9. The highest BCUT2D eigenvalue weighted by molar-refractivity contribution is 7.77. The van der Waals surface area contributed by atoms with Gasteiger partial charge < -0.3 is 4.98 Å². The first-order valence-corrected chi connectivity index (χ1v) is 9.89. The molecule has 3 N–H and O–H groups in total. The zero-order valence-electron chi connectivity index (χ0n) is 15.2. The van der Waals surface area contributed by atoms with Crippen LogP contribution in [0.5, 0.6) is 0 Å². The average molecular weight is 407 g/mol. The van der Waals surface area contributed by atoms with Crippen LogP contribution in [0.15, 0.2) is 55.2 Å². The van der Waals surface area contributed by atoms with Gasteiger partial charge in [0.25, 0.3) is 0 Å². The Kier molecular flexibility index (Phi) is 5.44. The standard InChI is InChI=1S/C19H17N7O2S/c20-6-4-17(14-3-1-2-13(8-14)9-25-29(27)28)26-11-15(10-24-26)18-16-5-7-21-19(16)23-12-22-18/h1-3,5,7-8,10-12,17,25H,4,9H2,(H,27,28)(H,21,22,23). The number of benzene rings is 1. The Labute approximate surface area is 168 Å². The smallest absolute Gasteiger partial charge is 0.232 e. The fraction of sp³-hybridized carbons (Fsp3) is 0.158. The molecule has 10 heteroatoms. The fourth-order valence-corrected chi connectivity index (χ4v) is 3.53. The number of H-pyrrole nitrogens is 1. The largest absolute Gasteiger partial charge is 0.346 e. The summed E-state index contributed by atoms with van der Waals surface area (Å²) in [4.78, 5) is 11.7. The third-order valence-electron chi connectivity index (χ3n) is 4.57. The van der Waals surface area contributed by atoms with Gasteiger partial charge in [0, 0.05) is 29.9 Å². The summed E-state index contributed by atoms with van der Waals surface area (Å²) in [5.74, 6) is 0. The topological polar surface area (TPSA) is 133 Å². The SMILES string of the molecule is N#CCC(c1cccc(CNS(=O)O)c1)n1cc(-c2ncnc3[nH]ccc23)cn1. The molecule has 2 unspecified atom stereocenters. The number of nitrogens with one attached hydrogen (secondary N) is 2. The number of aromatic amines is 1. The molecule has 29 heavy (non-hydrogen) atoms. The van der Waals surface area contributed by atoms with Crippen molar-refractivity contribution in [3.8, 4) is 17.3 Å². The first kappa shape index (κ1) is 18.9. The molecule has 3 heterocycles. The third kappa shape index (κ3) is 4.07. The van der Waals surface area contributed by atoms with Gasteiger partial charge in [-0.15, -0.1) is 0 Å². The van der Waals surface area contributed by atoms with E-state index in [1.165, 1.54) is 6.33 Å². The number of nitriles is 1. The zero-order valence-corrected chi connectivity index (χ0v) is 16.0. The molecule has 0 saturated carbocycles. The van der Waals surface area contributed by atoms with Crippen LogP contribution in [-0.2, 0) is 17.8 Å². The summed E-state index contributed by atoms with van der Waals surface area (Å²) in [5.41, 5.74) is 4.07. The Morgan fingerprint density at radius 3 is 3.07 bits per heavy atom. The molecule has 1 aromatic carbocycles. The van der Waals surface area contributed by atoms with Gasteiger partial charge >= 0.3 is 0 Å². The summed E-state index contributed by atoms with van der Waals surface area (Å²) in [7, 11) is 0. The summed E-state index contributed by atoms with van der Waals surface area (Å²) in [6.45, 7) is 0.243. The van der Waals surface area contributed by atoms with Gasteiger partial charge in [-0.05, 0) is 17.2 Å². The van der Waals surface area contributed by atoms with Crippen LogP contribution in [-0.4, -0.2) is 33.5 Å². The molecule has 146 valence electrons. The van der Waals surface area contributed by atoms with E-state index in [9.17, 15) is 9.47 Å². The summed E-state index contributed by atoms with van der Waals surface area (Å²) >= 11 is -2.08. The number of aromatic nitrogens is 5. The minimum absolute atomic E-state index is 0.229. The molecule has 3 aromatic heterocycles. The van der Waals surface area contributed by atoms with Crippen molar-refractivity contribution in [3.63, 3.8) is 0 Å². The van der Waals surface area contributed by atoms with Crippen LogP contribution in [0.1, 0.15) is 23.6 Å². The van der Waals surface area contributed by atoms with Crippen LogP contribution < -0.4 is 4.72 Å². The molecular formula is C19H17N7O2S. The van der Waals surface area contributed by atoms with Gasteiger partial charge in [0.2, 0.25) is 11.3 Å². The van der Waals surface area contributed by atoms with Gasteiger partial charge in [0.1, 0.15) is 12.0 Å². The predicted molar refractivity (Wildman–Crippen MR) is 108 cm³/mol. The van der Waals surface area contributed by atoms with E-state index in [0.29, 0.717) is 0 Å². The lowest BCUT2D eigenvalue weighted by Gasteiger charge is -2.16. The highest BCUT2D eigenvalue weighted by Gasteiger charge is 2.17. The van der Waals surface area contributed by atoms with Crippen molar-refractivity contribution in [2.45, 2.75) is 19.0 Å². The lowest BCUT2D eigenvalue weighted by atomic mass is 10.0. The number of rotatable bonds is 7. The van der Waals surface area contributed by atoms with E-state index in [1.54, 1.807) is 10.9 Å². The van der Waals surface area contributed by atoms with Crippen LogP contribution >= 0.6 is 0 Å². The number of fused-ring (bicyclic) bond motifs is 1. The number of nitrogens with zero attached hydrogens (tertiary/aromatic N) is 5. The average Bonchev–Trinajstić information content (AvgIpc) is 3.40. The van der Waals surface area contributed by atoms with E-state index in [4.69, 9.17) is 4.55 Å². The summed E-state index contributed by atoms with van der Waals surface area (Å²) in [6.07, 6.45) is 7.13. The number of hydrogen-bond donors (Lipinski definition) is 3. The molecule has 0 radical (unpaired) electrons. The van der Waals surface area contributed by atoms with Crippen molar-refractivity contribution in [2.24, 2.45) is 0 Å². The van der Waals surface area contributed by atoms with Crippen molar-refractivity contribution in [2.75, 3.05) is 0 Å². The van der Waals surface area contributed by atoms with E-state index < -0.39 is 11.3 Å². The van der Waals surface area contributed by atoms with E-state index >= 15 is 0 Å². The second-order valence-electron chi connectivity index (χ2n) is 6.36. The molecular weight excluding hydrogens is 390 g/mol. The van der Waals surface area contributed by atoms with Crippen molar-refractivity contribution < 1.29 is 8.76 Å². The highest BCUT2D eigenvalue weighted by atomic mass is 32.2. The van der Waals surface area contributed by atoms with Crippen LogP contribution in [0.3, 0.4) is 0 Å². The van der Waals surface area contributed by atoms with E-state index in [2.05, 4.69) is 30.8 Å². The highest BCUT2D eigenvalue weighted by Crippen LogP contribution is 2.28. The van der Waals surface area contributed by atoms with Gasteiger partial charge in [-0.25, -0.2) is 18.9 Å². The molecule has 4 aromatic rings. The quantitative estimate of drug-likeness (QED) is 0.403. The zero-order chi connectivity index (χ0) is 20.2. The van der Waals surface area contributed by atoms with Crippen molar-refractivity contribution >= 4 is 22.3 Å². The van der Waals surface area contributed by atoms with Crippen LogP contribution in [0.4, 0.5) is 0 Å². The fourth-order valence-electron chi connectivity index (χ4n) is 3.24. The van der Waals surface area contributed by atoms with Crippen LogP contribution in [0.25, 0.3) is 22.3 Å². The molecule has 0 fully saturated rings. The molecule has 2 atom stereocenters. The van der Waals surface area contributed by atoms with Crippen molar-refractivity contribution in [1.82, 2.24) is 29.5 Å². The molecule has 0 amide bonds. The Hall–Kier alpha value is -3.39. The maximum atomic E-state index is 10.9. The van der Waals surface area contributed by atoms with Gasteiger partial charge in [0.15, 0.2) is 0 Å². The lowest BCUT2D eigenvalue weighted by Crippen LogP contribution is -2.16. The monoisotopic (exact) mass is 407 g/mol. The minimum Gasteiger partial charge on any atom is -0.346 e. The van der Waals surface area contributed by atoms with Crippen LogP contribution in [0, 0.1) is 11.3 Å². The second kappa shape index (κ2) is 8.32. The normalized spacial score (nSPS) is 13.2. The molecule has 0 aliphatic rings. The first-order chi connectivity index (χ1) is 14.2. The molecule has 0 spiro atoms. The Morgan fingerprint density at radius 2 is 2.24 bits per heavy atom. The summed E-state index contributed by atoms with van der Waals surface area (Å²) in [6, 6.07) is 11.4. The van der Waals surface area contributed by atoms with Gasteiger partial charge in [0.05, 0.1) is 30.4 Å². The summed E-state index contributed by atoms with van der Waals surface area (Å²) in [5, 5.41) is 14.7. The predicted octanol–water partition coefficient (Wildman–Crippen LogP) is 2.55. The van der Waals surface area contributed by atoms with E-state index in [1.807, 2.05) is 42.7 Å². The minimum atomic E-state index is -2.08. The molecule has 0 saturated heterocycles. The van der Waals surface area contributed by atoms with Gasteiger partial charge in [-0.2, -0.15) is 10.4 Å². The molecule has 0 aliphatic carbocycles. The Bertz CT molecular complexity index is 1210. The Morgan fingerprint density at radius 1 is 1.34 bits per heavy atom. The Balaban J connectivity index is 1.67.